The molecule has 0 aromatic carbocycles. The number of rotatable bonds is 2. The van der Waals surface area contributed by atoms with Crippen LogP contribution in [0.3, 0.4) is 0 Å². The van der Waals surface area contributed by atoms with Crippen LogP contribution in [0.4, 0.5) is 0 Å². The van der Waals surface area contributed by atoms with Crippen molar-refractivity contribution in [2.75, 3.05) is 26.9 Å². The predicted octanol–water partition coefficient (Wildman–Crippen LogP) is 0.810. The van der Waals surface area contributed by atoms with Crippen LogP contribution < -0.4 is 0 Å². The third kappa shape index (κ3) is 7.78. The lowest BCUT2D eigenvalue weighted by atomic mass is 10.4. The first-order valence-electron chi connectivity index (χ1n) is 4.02. The zero-order valence-electron chi connectivity index (χ0n) is 7.38. The minimum absolute atomic E-state index is 0.00926. The van der Waals surface area contributed by atoms with E-state index in [4.69, 9.17) is 9.84 Å². The van der Waals surface area contributed by atoms with Crippen molar-refractivity contribution >= 4 is 0 Å². The molecule has 0 spiro atoms. The van der Waals surface area contributed by atoms with E-state index in [0.717, 1.165) is 13.2 Å². The van der Waals surface area contributed by atoms with Crippen LogP contribution in [0, 0.1) is 0 Å². The van der Waals surface area contributed by atoms with E-state index in [-0.39, 0.29) is 12.7 Å². The molecule has 1 fully saturated rings. The molecule has 0 aromatic heterocycles. The largest absolute Gasteiger partial charge is 0.394 e. The molecule has 1 aliphatic heterocycles. The Hall–Kier alpha value is -0.120. The maximum atomic E-state index is 8.21. The van der Waals surface area contributed by atoms with E-state index in [0.29, 0.717) is 0 Å². The van der Waals surface area contributed by atoms with Crippen molar-refractivity contribution in [3.63, 3.8) is 0 Å². The molecule has 3 heteroatoms. The van der Waals surface area contributed by atoms with Crippen molar-refractivity contribution in [2.45, 2.75) is 25.9 Å². The highest BCUT2D eigenvalue weighted by atomic mass is 16.5. The fourth-order valence-electron chi connectivity index (χ4n) is 0.585. The maximum Gasteiger partial charge on any atom is 0.0773 e. The average molecular weight is 162 g/mol. The van der Waals surface area contributed by atoms with Crippen molar-refractivity contribution < 1.29 is 14.6 Å². The minimum Gasteiger partial charge on any atom is -0.394 e. The van der Waals surface area contributed by atoms with Gasteiger partial charge < -0.3 is 14.6 Å². The lowest BCUT2D eigenvalue weighted by Crippen LogP contribution is -2.08. The molecule has 1 heterocycles. The predicted molar refractivity (Wildman–Crippen MR) is 43.6 cm³/mol. The highest BCUT2D eigenvalue weighted by Crippen LogP contribution is 1.98. The minimum atomic E-state index is -0.00926. The summed E-state index contributed by atoms with van der Waals surface area (Å²) in [4.78, 5) is 0. The first kappa shape index (κ1) is 10.9. The van der Waals surface area contributed by atoms with Crippen LogP contribution in [0.25, 0.3) is 0 Å². The number of methoxy groups -OCH3 is 1. The second-order valence-corrected chi connectivity index (χ2v) is 2.55. The molecule has 1 atom stereocenters. The molecule has 1 aliphatic rings. The molecular formula is C8H18O3. The van der Waals surface area contributed by atoms with E-state index < -0.39 is 0 Å². The van der Waals surface area contributed by atoms with Crippen molar-refractivity contribution in [1.82, 2.24) is 0 Å². The summed E-state index contributed by atoms with van der Waals surface area (Å²) in [5, 5.41) is 8.21. The lowest BCUT2D eigenvalue weighted by molar-refractivity contribution is 0.0623. The van der Waals surface area contributed by atoms with E-state index >= 15 is 0 Å². The molecule has 1 unspecified atom stereocenters. The van der Waals surface area contributed by atoms with Crippen molar-refractivity contribution in [3.05, 3.63) is 0 Å². The Morgan fingerprint density at radius 2 is 2.00 bits per heavy atom. The molecular weight excluding hydrogens is 144 g/mol. The summed E-state index contributed by atoms with van der Waals surface area (Å²) >= 11 is 0. The average Bonchev–Trinajstić information content (AvgIpc) is 2.60. The van der Waals surface area contributed by atoms with Gasteiger partial charge in [0.25, 0.3) is 0 Å². The maximum absolute atomic E-state index is 8.21. The van der Waals surface area contributed by atoms with Crippen molar-refractivity contribution in [1.29, 1.82) is 0 Å². The number of aliphatic hydroxyl groups excluding tert-OH is 1. The first-order valence-corrected chi connectivity index (χ1v) is 4.02. The Kier molecular flexibility index (Phi) is 7.89. The van der Waals surface area contributed by atoms with Gasteiger partial charge in [0.05, 0.1) is 12.7 Å². The van der Waals surface area contributed by atoms with Gasteiger partial charge in [0.1, 0.15) is 0 Å². The standard InChI is InChI=1S/C4H10O2.C4H8O/c1-4(3-5)6-2;1-2-4-5-3-1/h4-5H,3H2,1-2H3;1-4H2. The number of aliphatic hydroxyl groups is 1. The van der Waals surface area contributed by atoms with Crippen LogP contribution in [0.1, 0.15) is 19.8 Å². The molecule has 11 heavy (non-hydrogen) atoms. The van der Waals surface area contributed by atoms with Crippen LogP contribution in [0.5, 0.6) is 0 Å². The van der Waals surface area contributed by atoms with Crippen molar-refractivity contribution in [2.24, 2.45) is 0 Å². The van der Waals surface area contributed by atoms with Gasteiger partial charge in [-0.15, -0.1) is 0 Å². The van der Waals surface area contributed by atoms with Gasteiger partial charge in [-0.2, -0.15) is 0 Å². The molecule has 0 radical (unpaired) electrons. The van der Waals surface area contributed by atoms with Gasteiger partial charge in [0.2, 0.25) is 0 Å². The van der Waals surface area contributed by atoms with Crippen LogP contribution >= 0.6 is 0 Å². The zero-order chi connectivity index (χ0) is 8.53. The van der Waals surface area contributed by atoms with Crippen LogP contribution in [0.2, 0.25) is 0 Å². The Morgan fingerprint density at radius 3 is 2.09 bits per heavy atom. The van der Waals surface area contributed by atoms with Crippen LogP contribution in [-0.4, -0.2) is 38.1 Å². The summed E-state index contributed by atoms with van der Waals surface area (Å²) in [5.41, 5.74) is 0. The number of ether oxygens (including phenoxy) is 2. The summed E-state index contributed by atoms with van der Waals surface area (Å²) in [5.74, 6) is 0. The Bertz CT molecular complexity index is 60.1. The second-order valence-electron chi connectivity index (χ2n) is 2.55. The summed E-state index contributed by atoms with van der Waals surface area (Å²) in [6, 6.07) is 0. The Balaban J connectivity index is 0.000000183. The quantitative estimate of drug-likeness (QED) is 0.653. The molecule has 3 nitrogen and oxygen atoms in total. The van der Waals surface area contributed by atoms with E-state index in [9.17, 15) is 0 Å². The van der Waals surface area contributed by atoms with E-state index in [2.05, 4.69) is 4.74 Å². The summed E-state index contributed by atoms with van der Waals surface area (Å²) in [6.45, 7) is 3.91. The molecule has 0 bridgehead atoms. The smallest absolute Gasteiger partial charge is 0.0773 e. The van der Waals surface area contributed by atoms with Gasteiger partial charge in [-0.3, -0.25) is 0 Å². The van der Waals surface area contributed by atoms with Gasteiger partial charge in [0, 0.05) is 20.3 Å². The zero-order valence-corrected chi connectivity index (χ0v) is 7.38. The van der Waals surface area contributed by atoms with Crippen molar-refractivity contribution in [3.8, 4) is 0 Å². The third-order valence-corrected chi connectivity index (χ3v) is 1.49. The summed E-state index contributed by atoms with van der Waals surface area (Å²) < 4.78 is 9.59. The fraction of sp³-hybridized carbons (Fsp3) is 1.00. The molecule has 1 rings (SSSR count). The Labute approximate surface area is 68.3 Å². The third-order valence-electron chi connectivity index (χ3n) is 1.49. The number of hydrogen-bond acceptors (Lipinski definition) is 3. The molecule has 0 aromatic rings. The van der Waals surface area contributed by atoms with E-state index in [1.807, 2.05) is 0 Å². The van der Waals surface area contributed by atoms with Gasteiger partial charge in [0.15, 0.2) is 0 Å². The summed E-state index contributed by atoms with van der Waals surface area (Å²) in [6.07, 6.45) is 2.55. The number of hydrogen-bond donors (Lipinski definition) is 1. The molecule has 0 aliphatic carbocycles. The van der Waals surface area contributed by atoms with Gasteiger partial charge in [-0.05, 0) is 19.8 Å². The molecule has 0 amide bonds. The van der Waals surface area contributed by atoms with Gasteiger partial charge in [-0.25, -0.2) is 0 Å². The van der Waals surface area contributed by atoms with E-state index in [1.165, 1.54) is 12.8 Å². The SMILES string of the molecule is C1CCOC1.COC(C)CO. The Morgan fingerprint density at radius 1 is 1.45 bits per heavy atom. The summed E-state index contributed by atoms with van der Waals surface area (Å²) in [7, 11) is 1.57. The molecule has 1 N–H and O–H groups in total. The first-order chi connectivity index (χ1) is 5.31. The van der Waals surface area contributed by atoms with Gasteiger partial charge in [-0.1, -0.05) is 0 Å². The monoisotopic (exact) mass is 162 g/mol. The van der Waals surface area contributed by atoms with E-state index in [1.54, 1.807) is 14.0 Å². The topological polar surface area (TPSA) is 38.7 Å². The second kappa shape index (κ2) is 7.98. The normalized spacial score (nSPS) is 18.8. The molecule has 1 saturated heterocycles. The van der Waals surface area contributed by atoms with Crippen LogP contribution in [-0.2, 0) is 9.47 Å². The molecule has 68 valence electrons. The molecule has 0 saturated carbocycles. The van der Waals surface area contributed by atoms with Gasteiger partial charge >= 0.3 is 0 Å². The highest BCUT2D eigenvalue weighted by molar-refractivity contribution is 4.43. The fourth-order valence-corrected chi connectivity index (χ4v) is 0.585. The van der Waals surface area contributed by atoms with Crippen LogP contribution in [0.15, 0.2) is 0 Å². The lowest BCUT2D eigenvalue weighted by Gasteiger charge is -2.00. The highest BCUT2D eigenvalue weighted by Gasteiger charge is 1.94.